The van der Waals surface area contributed by atoms with Gasteiger partial charge in [0.15, 0.2) is 11.6 Å². The van der Waals surface area contributed by atoms with Gasteiger partial charge in [-0.25, -0.2) is 9.97 Å². The minimum absolute atomic E-state index is 0.640. The van der Waals surface area contributed by atoms with Gasteiger partial charge in [0, 0.05) is 21.0 Å². The number of benzene rings is 3. The van der Waals surface area contributed by atoms with Crippen LogP contribution in [0.1, 0.15) is 5.56 Å². The highest BCUT2D eigenvalue weighted by molar-refractivity contribution is 9.10. The minimum atomic E-state index is 0.640. The number of methoxy groups -OCH3 is 1. The van der Waals surface area contributed by atoms with Gasteiger partial charge >= 0.3 is 0 Å². The average molecular weight is 433 g/mol. The van der Waals surface area contributed by atoms with Crippen LogP contribution in [-0.4, -0.2) is 23.3 Å². The zero-order valence-corrected chi connectivity index (χ0v) is 16.7. The maximum atomic E-state index is 5.36. The first kappa shape index (κ1) is 18.1. The highest BCUT2D eigenvalue weighted by atomic mass is 79.9. The number of fused-ring (bicyclic) bond motifs is 1. The Morgan fingerprint density at radius 3 is 2.50 bits per heavy atom. The summed E-state index contributed by atoms with van der Waals surface area (Å²) in [5, 5.41) is 5.27. The highest BCUT2D eigenvalue weighted by Crippen LogP contribution is 2.26. The van der Waals surface area contributed by atoms with E-state index in [0.29, 0.717) is 11.6 Å². The van der Waals surface area contributed by atoms with E-state index in [9.17, 15) is 0 Å². The van der Waals surface area contributed by atoms with E-state index in [1.54, 1.807) is 13.3 Å². The van der Waals surface area contributed by atoms with E-state index >= 15 is 0 Å². The fourth-order valence-corrected chi connectivity index (χ4v) is 3.09. The van der Waals surface area contributed by atoms with Gasteiger partial charge in [0.2, 0.25) is 0 Å². The van der Waals surface area contributed by atoms with Crippen LogP contribution < -0.4 is 10.2 Å². The lowest BCUT2D eigenvalue weighted by molar-refractivity contribution is 0.414. The molecule has 0 aliphatic rings. The fourth-order valence-electron chi connectivity index (χ4n) is 2.83. The molecule has 0 aliphatic carbocycles. The number of nitrogens with zero attached hydrogens (tertiary/aromatic N) is 3. The second-order valence-corrected chi connectivity index (χ2v) is 6.95. The highest BCUT2D eigenvalue weighted by Gasteiger charge is 2.09. The van der Waals surface area contributed by atoms with Crippen LogP contribution >= 0.6 is 15.9 Å². The zero-order chi connectivity index (χ0) is 19.3. The molecule has 0 amide bonds. The summed E-state index contributed by atoms with van der Waals surface area (Å²) in [5.41, 5.74) is 5.73. The molecular weight excluding hydrogens is 416 g/mol. The van der Waals surface area contributed by atoms with Gasteiger partial charge in [0.1, 0.15) is 5.75 Å². The van der Waals surface area contributed by atoms with Crippen LogP contribution in [0.4, 0.5) is 5.82 Å². The first-order valence-electron chi connectivity index (χ1n) is 8.69. The monoisotopic (exact) mass is 432 g/mol. The summed E-state index contributed by atoms with van der Waals surface area (Å²) in [6, 6.07) is 23.5. The van der Waals surface area contributed by atoms with E-state index in [1.165, 1.54) is 0 Å². The van der Waals surface area contributed by atoms with Gasteiger partial charge in [-0.1, -0.05) is 52.3 Å². The lowest BCUT2D eigenvalue weighted by atomic mass is 10.2. The molecular formula is C22H17BrN4O. The molecule has 3 aromatic carbocycles. The van der Waals surface area contributed by atoms with Crippen molar-refractivity contribution in [2.75, 3.05) is 12.5 Å². The molecule has 0 spiro atoms. The molecule has 4 rings (SSSR count). The third-order valence-electron chi connectivity index (χ3n) is 4.22. The minimum Gasteiger partial charge on any atom is -0.496 e. The van der Waals surface area contributed by atoms with Gasteiger partial charge in [-0.3, -0.25) is 5.43 Å². The summed E-state index contributed by atoms with van der Waals surface area (Å²) in [6.07, 6.45) is 1.72. The zero-order valence-electron chi connectivity index (χ0n) is 15.1. The largest absolute Gasteiger partial charge is 0.496 e. The van der Waals surface area contributed by atoms with Crippen molar-refractivity contribution in [3.8, 4) is 17.1 Å². The molecule has 1 N–H and O–H groups in total. The van der Waals surface area contributed by atoms with Crippen LogP contribution in [0.2, 0.25) is 0 Å². The SMILES string of the molecule is COc1ccccc1C=NNc1nc(-c2ccc(Br)cc2)nc2ccccc12. The molecule has 0 bridgehead atoms. The molecule has 6 heteroatoms. The van der Waals surface area contributed by atoms with Gasteiger partial charge in [-0.2, -0.15) is 5.10 Å². The summed E-state index contributed by atoms with van der Waals surface area (Å²) in [7, 11) is 1.64. The molecule has 5 nitrogen and oxygen atoms in total. The summed E-state index contributed by atoms with van der Waals surface area (Å²) >= 11 is 3.46. The topological polar surface area (TPSA) is 59.4 Å². The van der Waals surface area contributed by atoms with Crippen LogP contribution in [0.15, 0.2) is 82.4 Å². The number of rotatable bonds is 5. The maximum Gasteiger partial charge on any atom is 0.162 e. The molecule has 0 unspecified atom stereocenters. The number of hydrazone groups is 1. The molecule has 0 saturated heterocycles. The van der Waals surface area contributed by atoms with Gasteiger partial charge in [0.05, 0.1) is 18.8 Å². The Balaban J connectivity index is 1.71. The standard InChI is InChI=1S/C22H17BrN4O/c1-28-20-9-5-2-6-16(20)14-24-27-22-18-7-3-4-8-19(18)25-21(26-22)15-10-12-17(23)13-11-15/h2-14H,1H3,(H,25,26,27). The number of anilines is 1. The van der Waals surface area contributed by atoms with Crippen molar-refractivity contribution in [2.45, 2.75) is 0 Å². The van der Waals surface area contributed by atoms with E-state index in [1.807, 2.05) is 72.8 Å². The van der Waals surface area contributed by atoms with E-state index in [2.05, 4.69) is 26.5 Å². The molecule has 4 aromatic rings. The van der Waals surface area contributed by atoms with E-state index in [0.717, 1.165) is 32.3 Å². The Bertz CT molecular complexity index is 1140. The molecule has 1 heterocycles. The number of ether oxygens (including phenoxy) is 1. The molecule has 138 valence electrons. The predicted octanol–water partition coefficient (Wildman–Crippen LogP) is 5.51. The van der Waals surface area contributed by atoms with E-state index < -0.39 is 0 Å². The maximum absolute atomic E-state index is 5.36. The molecule has 0 fully saturated rings. The number of hydrogen-bond acceptors (Lipinski definition) is 5. The molecule has 0 aliphatic heterocycles. The summed E-state index contributed by atoms with van der Waals surface area (Å²) in [6.45, 7) is 0. The van der Waals surface area contributed by atoms with Crippen LogP contribution in [0.3, 0.4) is 0 Å². The Hall–Kier alpha value is -3.25. The normalized spacial score (nSPS) is 11.1. The van der Waals surface area contributed by atoms with Crippen molar-refractivity contribution in [2.24, 2.45) is 5.10 Å². The van der Waals surface area contributed by atoms with Crippen LogP contribution in [0.25, 0.3) is 22.3 Å². The summed E-state index contributed by atoms with van der Waals surface area (Å²) in [5.74, 6) is 2.05. The van der Waals surface area contributed by atoms with Gasteiger partial charge in [-0.15, -0.1) is 0 Å². The third-order valence-corrected chi connectivity index (χ3v) is 4.75. The van der Waals surface area contributed by atoms with E-state index in [4.69, 9.17) is 14.7 Å². The lowest BCUT2D eigenvalue weighted by Crippen LogP contribution is -1.99. The van der Waals surface area contributed by atoms with Crippen LogP contribution in [0, 0.1) is 0 Å². The average Bonchev–Trinajstić information content (AvgIpc) is 2.74. The summed E-state index contributed by atoms with van der Waals surface area (Å²) < 4.78 is 6.37. The van der Waals surface area contributed by atoms with Crippen molar-refractivity contribution in [3.63, 3.8) is 0 Å². The van der Waals surface area contributed by atoms with Gasteiger partial charge in [-0.05, 0) is 36.4 Å². The molecule has 0 saturated carbocycles. The van der Waals surface area contributed by atoms with Crippen LogP contribution in [-0.2, 0) is 0 Å². The van der Waals surface area contributed by atoms with E-state index in [-0.39, 0.29) is 0 Å². The second kappa shape index (κ2) is 8.19. The van der Waals surface area contributed by atoms with Gasteiger partial charge < -0.3 is 4.74 Å². The molecule has 0 atom stereocenters. The Morgan fingerprint density at radius 2 is 1.68 bits per heavy atom. The second-order valence-electron chi connectivity index (χ2n) is 6.03. The van der Waals surface area contributed by atoms with Crippen molar-refractivity contribution in [1.82, 2.24) is 9.97 Å². The quantitative estimate of drug-likeness (QED) is 0.333. The van der Waals surface area contributed by atoms with Crippen molar-refractivity contribution in [3.05, 3.63) is 82.8 Å². The smallest absolute Gasteiger partial charge is 0.162 e. The molecule has 28 heavy (non-hydrogen) atoms. The number of nitrogens with one attached hydrogen (secondary N) is 1. The van der Waals surface area contributed by atoms with Crippen molar-refractivity contribution >= 4 is 38.9 Å². The first-order chi connectivity index (χ1) is 13.7. The fraction of sp³-hybridized carbons (Fsp3) is 0.0455. The molecule has 1 aromatic heterocycles. The Labute approximate surface area is 171 Å². The van der Waals surface area contributed by atoms with Gasteiger partial charge in [0.25, 0.3) is 0 Å². The number of para-hydroxylation sites is 2. The Morgan fingerprint density at radius 1 is 0.929 bits per heavy atom. The lowest BCUT2D eigenvalue weighted by Gasteiger charge is -2.08. The third kappa shape index (κ3) is 3.87. The Kier molecular flexibility index (Phi) is 5.30. The van der Waals surface area contributed by atoms with Crippen LogP contribution in [0.5, 0.6) is 5.75 Å². The number of aromatic nitrogens is 2. The number of hydrogen-bond donors (Lipinski definition) is 1. The molecule has 0 radical (unpaired) electrons. The summed E-state index contributed by atoms with van der Waals surface area (Å²) in [4.78, 5) is 9.38. The van der Waals surface area contributed by atoms with Crippen molar-refractivity contribution < 1.29 is 4.74 Å². The number of halogens is 1. The first-order valence-corrected chi connectivity index (χ1v) is 9.49. The predicted molar refractivity (Wildman–Crippen MR) is 117 cm³/mol. The van der Waals surface area contributed by atoms with Crippen molar-refractivity contribution in [1.29, 1.82) is 0 Å².